The molecule has 1 aromatic heterocycles. The lowest BCUT2D eigenvalue weighted by Gasteiger charge is -2.49. The van der Waals surface area contributed by atoms with Crippen molar-refractivity contribution in [3.05, 3.63) is 64.0 Å². The van der Waals surface area contributed by atoms with Gasteiger partial charge in [0.1, 0.15) is 47.7 Å². The number of ether oxygens (including phenoxy) is 2. The van der Waals surface area contributed by atoms with Crippen molar-refractivity contribution < 1.29 is 42.6 Å². The van der Waals surface area contributed by atoms with Gasteiger partial charge in [-0.25, -0.2) is 9.18 Å². The smallest absolute Gasteiger partial charge is 0.352 e. The molecule has 0 unspecified atom stereocenters. The molecule has 2 aliphatic heterocycles. The van der Waals surface area contributed by atoms with Crippen LogP contribution in [0.25, 0.3) is 0 Å². The molecule has 35 heavy (non-hydrogen) atoms. The molecule has 184 valence electrons. The van der Waals surface area contributed by atoms with Gasteiger partial charge in [0, 0.05) is 18.2 Å². The number of esters is 1. The van der Waals surface area contributed by atoms with Gasteiger partial charge in [0.2, 0.25) is 0 Å². The van der Waals surface area contributed by atoms with Crippen molar-refractivity contribution in [1.82, 2.24) is 10.2 Å². The number of β-lactam (4-membered cyclic amide) rings is 1. The third-order valence-electron chi connectivity index (χ3n) is 5.14. The van der Waals surface area contributed by atoms with E-state index in [4.69, 9.17) is 25.5 Å². The number of carboxylic acid groups (broad SMARTS) is 1. The Morgan fingerprint density at radius 1 is 1.29 bits per heavy atom. The Morgan fingerprint density at radius 2 is 2.06 bits per heavy atom. The third kappa shape index (κ3) is 5.13. The van der Waals surface area contributed by atoms with Crippen LogP contribution in [0.3, 0.4) is 0 Å². The Labute approximate surface area is 207 Å². The molecule has 0 spiro atoms. The Bertz CT molecular complexity index is 1250. The summed E-state index contributed by atoms with van der Waals surface area (Å²) in [5.74, 6) is -3.02. The molecule has 4 rings (SSSR count). The number of carbonyl (C=O) groups is 4. The molecule has 1 aromatic carbocycles. The summed E-state index contributed by atoms with van der Waals surface area (Å²) in [5, 5.41) is 11.6. The summed E-state index contributed by atoms with van der Waals surface area (Å²) in [6.07, 6.45) is 0. The van der Waals surface area contributed by atoms with Gasteiger partial charge in [0.25, 0.3) is 11.8 Å². The van der Waals surface area contributed by atoms with Crippen LogP contribution in [-0.4, -0.2) is 57.5 Å². The number of benzene rings is 1. The number of nitrogens with zero attached hydrogens (tertiary/aromatic N) is 1. The number of amides is 2. The topological polar surface area (TPSA) is 135 Å². The van der Waals surface area contributed by atoms with Gasteiger partial charge in [-0.15, -0.1) is 11.8 Å². The van der Waals surface area contributed by atoms with Gasteiger partial charge < -0.3 is 24.3 Å². The largest absolute Gasteiger partial charge is 0.484 e. The molecule has 3 heterocycles. The Balaban J connectivity index is 1.38. The van der Waals surface area contributed by atoms with Gasteiger partial charge >= 0.3 is 11.9 Å². The van der Waals surface area contributed by atoms with Gasteiger partial charge in [0.05, 0.1) is 5.02 Å². The van der Waals surface area contributed by atoms with Crippen LogP contribution in [0.1, 0.15) is 23.2 Å². The van der Waals surface area contributed by atoms with Crippen LogP contribution >= 0.6 is 23.4 Å². The van der Waals surface area contributed by atoms with E-state index in [1.807, 2.05) is 0 Å². The van der Waals surface area contributed by atoms with Crippen LogP contribution in [-0.2, 0) is 25.7 Å². The summed E-state index contributed by atoms with van der Waals surface area (Å²) in [5.41, 5.74) is 0.0476. The summed E-state index contributed by atoms with van der Waals surface area (Å²) in [6, 6.07) is 5.60. The minimum atomic E-state index is -1.33. The summed E-state index contributed by atoms with van der Waals surface area (Å²) in [4.78, 5) is 49.2. The fourth-order valence-corrected chi connectivity index (χ4v) is 5.06. The second-order valence-corrected chi connectivity index (χ2v) is 9.04. The third-order valence-corrected chi connectivity index (χ3v) is 6.77. The maximum atomic E-state index is 13.1. The second-order valence-electron chi connectivity index (χ2n) is 7.53. The highest BCUT2D eigenvalue weighted by Crippen LogP contribution is 2.40. The molecule has 1 fully saturated rings. The van der Waals surface area contributed by atoms with Crippen molar-refractivity contribution in [2.45, 2.75) is 24.9 Å². The van der Waals surface area contributed by atoms with Gasteiger partial charge in [0.15, 0.2) is 5.76 Å². The first-order valence-electron chi connectivity index (χ1n) is 10.2. The molecule has 1 saturated heterocycles. The first-order chi connectivity index (χ1) is 16.7. The van der Waals surface area contributed by atoms with Crippen molar-refractivity contribution in [2.75, 3.05) is 12.4 Å². The normalized spacial score (nSPS) is 19.1. The van der Waals surface area contributed by atoms with Gasteiger partial charge in [-0.3, -0.25) is 19.3 Å². The maximum Gasteiger partial charge on any atom is 0.352 e. The number of hydrogen-bond donors (Lipinski definition) is 2. The summed E-state index contributed by atoms with van der Waals surface area (Å²) in [7, 11) is 0. The number of carboxylic acids is 1. The second kappa shape index (κ2) is 10.0. The SMILES string of the molecule is CC(=O)OCC1=C(C(=O)O)N2C(=O)[C@H](NC(=O)c3ccc(COc4ccc(F)cc4Cl)o3)[C@H]2SC1. The van der Waals surface area contributed by atoms with E-state index in [9.17, 15) is 28.7 Å². The molecule has 2 atom stereocenters. The van der Waals surface area contributed by atoms with Gasteiger partial charge in [-0.2, -0.15) is 0 Å². The average Bonchev–Trinajstić information content (AvgIpc) is 3.28. The molecule has 0 radical (unpaired) electrons. The monoisotopic (exact) mass is 524 g/mol. The minimum absolute atomic E-state index is 0.0783. The van der Waals surface area contributed by atoms with Crippen molar-refractivity contribution >= 4 is 47.1 Å². The van der Waals surface area contributed by atoms with Gasteiger partial charge in [-0.05, 0) is 30.3 Å². The number of hydrogen-bond acceptors (Lipinski definition) is 8. The highest BCUT2D eigenvalue weighted by atomic mass is 35.5. The zero-order chi connectivity index (χ0) is 25.3. The lowest BCUT2D eigenvalue weighted by atomic mass is 10.0. The Kier molecular flexibility index (Phi) is 7.03. The maximum absolute atomic E-state index is 13.1. The zero-order valence-electron chi connectivity index (χ0n) is 18.1. The fraction of sp³-hybridized carbons (Fsp3) is 0.273. The summed E-state index contributed by atoms with van der Waals surface area (Å²) >= 11 is 7.16. The van der Waals surface area contributed by atoms with Crippen molar-refractivity contribution in [2.24, 2.45) is 0 Å². The molecule has 0 saturated carbocycles. The highest BCUT2D eigenvalue weighted by molar-refractivity contribution is 8.00. The van der Waals surface area contributed by atoms with E-state index >= 15 is 0 Å². The quantitative estimate of drug-likeness (QED) is 0.394. The molecule has 2 aliphatic rings. The summed E-state index contributed by atoms with van der Waals surface area (Å²) < 4.78 is 29.0. The molecule has 0 bridgehead atoms. The van der Waals surface area contributed by atoms with Crippen molar-refractivity contribution in [1.29, 1.82) is 0 Å². The van der Waals surface area contributed by atoms with Crippen LogP contribution in [0.15, 0.2) is 46.0 Å². The molecule has 2 N–H and O–H groups in total. The van der Waals surface area contributed by atoms with Crippen LogP contribution in [0.4, 0.5) is 4.39 Å². The number of aliphatic carboxylic acids is 1. The lowest BCUT2D eigenvalue weighted by Crippen LogP contribution is -2.70. The molecule has 0 aliphatic carbocycles. The van der Waals surface area contributed by atoms with E-state index in [1.54, 1.807) is 0 Å². The van der Waals surface area contributed by atoms with E-state index < -0.39 is 41.0 Å². The van der Waals surface area contributed by atoms with E-state index in [0.717, 1.165) is 11.0 Å². The Morgan fingerprint density at radius 3 is 2.74 bits per heavy atom. The molecule has 2 aromatic rings. The van der Waals surface area contributed by atoms with E-state index in [2.05, 4.69) is 5.32 Å². The molecule has 13 heteroatoms. The number of nitrogens with one attached hydrogen (secondary N) is 1. The standard InChI is InChI=1S/C22H18ClFN2O8S/c1-10(27)32-7-11-9-35-21-17(20(29)26(21)18(11)22(30)31)25-19(28)16-5-3-13(34-16)8-33-15-4-2-12(24)6-14(15)23/h2-6,17,21H,7-9H2,1H3,(H,25,28)(H,30,31)/t17-,21+/m0/s1. The molecular formula is C22H18ClFN2O8S. The van der Waals surface area contributed by atoms with Crippen LogP contribution in [0.5, 0.6) is 5.75 Å². The van der Waals surface area contributed by atoms with E-state index in [-0.39, 0.29) is 47.0 Å². The average molecular weight is 525 g/mol. The molecule has 2 amide bonds. The number of fused-ring (bicyclic) bond motifs is 1. The minimum Gasteiger partial charge on any atom is -0.484 e. The zero-order valence-corrected chi connectivity index (χ0v) is 19.7. The van der Waals surface area contributed by atoms with Crippen LogP contribution < -0.4 is 10.1 Å². The first-order valence-corrected chi connectivity index (χ1v) is 11.6. The fourth-order valence-electron chi connectivity index (χ4n) is 3.51. The number of carbonyl (C=O) groups excluding carboxylic acids is 3. The predicted octanol–water partition coefficient (Wildman–Crippen LogP) is 2.57. The van der Waals surface area contributed by atoms with E-state index in [0.29, 0.717) is 5.57 Å². The highest BCUT2D eigenvalue weighted by Gasteiger charge is 2.54. The predicted molar refractivity (Wildman–Crippen MR) is 120 cm³/mol. The van der Waals surface area contributed by atoms with Crippen molar-refractivity contribution in [3.63, 3.8) is 0 Å². The molecule has 10 nitrogen and oxygen atoms in total. The van der Waals surface area contributed by atoms with Crippen LogP contribution in [0.2, 0.25) is 5.02 Å². The van der Waals surface area contributed by atoms with Crippen LogP contribution in [0, 0.1) is 5.82 Å². The van der Waals surface area contributed by atoms with Gasteiger partial charge in [-0.1, -0.05) is 11.6 Å². The number of furan rings is 1. The van der Waals surface area contributed by atoms with Crippen molar-refractivity contribution in [3.8, 4) is 5.75 Å². The lowest BCUT2D eigenvalue weighted by molar-refractivity contribution is -0.149. The first kappa shape index (κ1) is 24.6. The number of halogens is 2. The summed E-state index contributed by atoms with van der Waals surface area (Å²) in [6.45, 7) is 0.882. The number of rotatable bonds is 8. The van der Waals surface area contributed by atoms with E-state index in [1.165, 1.54) is 43.0 Å². The Hall–Kier alpha value is -3.51. The molecular weight excluding hydrogens is 507 g/mol. The number of thioether (sulfide) groups is 1.